The third-order valence-corrected chi connectivity index (χ3v) is 1.76. The fourth-order valence-corrected chi connectivity index (χ4v) is 1.01. The molecule has 3 N–H and O–H groups in total. The fourth-order valence-electron chi connectivity index (χ4n) is 0.335. The van der Waals surface area contributed by atoms with Crippen LogP contribution in [0.4, 0.5) is 0 Å². The molecule has 3 nitrogen and oxygen atoms in total. The third-order valence-electron chi connectivity index (χ3n) is 0.585. The average Bonchev–Trinajstić information content (AvgIpc) is 1.30. The van der Waals surface area contributed by atoms with E-state index >= 15 is 0 Å². The third kappa shape index (κ3) is 23.1. The van der Waals surface area contributed by atoms with E-state index in [0.29, 0.717) is 6.42 Å². The summed E-state index contributed by atoms with van der Waals surface area (Å²) in [6, 6.07) is 0.146. The first-order valence-corrected chi connectivity index (χ1v) is 4.28. The van der Waals surface area contributed by atoms with E-state index in [1.165, 1.54) is 0 Å². The minimum atomic E-state index is -3.66. The minimum absolute atomic E-state index is 0. The van der Waals surface area contributed by atoms with Gasteiger partial charge in [0.1, 0.15) is 0 Å². The average molecular weight is 239 g/mol. The summed E-state index contributed by atoms with van der Waals surface area (Å²) in [6.45, 7) is 1.78. The fraction of sp³-hybridized carbons (Fsp3) is 1.00. The minimum Gasteiger partial charge on any atom is -0.390 e. The standard InChI is InChI=1S/C3H10O3Si.3K/c1-2-3-7(4,5)6;;;/h4-6H,2-3H2,1H3;;;. The van der Waals surface area contributed by atoms with E-state index in [0.717, 1.165) is 0 Å². The first-order chi connectivity index (χ1) is 3.06. The van der Waals surface area contributed by atoms with Gasteiger partial charge in [0.25, 0.3) is 0 Å². The molecule has 10 heavy (non-hydrogen) atoms. The predicted octanol–water partition coefficient (Wildman–Crippen LogP) is -1.83. The van der Waals surface area contributed by atoms with Crippen LogP contribution in [0.2, 0.25) is 6.04 Å². The molecule has 0 atom stereocenters. The second-order valence-corrected chi connectivity index (χ2v) is 3.57. The van der Waals surface area contributed by atoms with Gasteiger partial charge >= 0.3 is 8.80 Å². The first kappa shape index (κ1) is 24.3. The molecule has 0 aromatic heterocycles. The molecule has 0 amide bonds. The Hall–Kier alpha value is 5.01. The summed E-state index contributed by atoms with van der Waals surface area (Å²) >= 11 is 0. The number of hydrogen-bond acceptors (Lipinski definition) is 3. The molecule has 0 unspecified atom stereocenters. The quantitative estimate of drug-likeness (QED) is 0.497. The van der Waals surface area contributed by atoms with Crippen molar-refractivity contribution in [3.8, 4) is 0 Å². The van der Waals surface area contributed by atoms with Crippen molar-refractivity contribution < 1.29 is 14.4 Å². The van der Waals surface area contributed by atoms with Crippen molar-refractivity contribution in [2.45, 2.75) is 19.4 Å². The summed E-state index contributed by atoms with van der Waals surface area (Å²) in [5.74, 6) is 0. The van der Waals surface area contributed by atoms with Crippen molar-refractivity contribution in [2.75, 3.05) is 0 Å². The first-order valence-electron chi connectivity index (χ1n) is 2.23. The summed E-state index contributed by atoms with van der Waals surface area (Å²) in [7, 11) is -3.66. The molecule has 3 radical (unpaired) electrons. The van der Waals surface area contributed by atoms with Gasteiger partial charge in [0.2, 0.25) is 0 Å². The van der Waals surface area contributed by atoms with Gasteiger partial charge in [-0.15, -0.1) is 0 Å². The zero-order valence-corrected chi connectivity index (χ0v) is 17.6. The van der Waals surface area contributed by atoms with Crippen molar-refractivity contribution in [1.29, 1.82) is 0 Å². The normalized spacial score (nSPS) is 8.40. The van der Waals surface area contributed by atoms with Crippen LogP contribution in [-0.2, 0) is 0 Å². The number of hydrogen-bond donors (Lipinski definition) is 3. The maximum atomic E-state index is 8.27. The van der Waals surface area contributed by atoms with E-state index in [9.17, 15) is 0 Å². The Morgan fingerprint density at radius 1 is 1.00 bits per heavy atom. The van der Waals surface area contributed by atoms with Gasteiger partial charge in [0, 0.05) is 160 Å². The molecule has 0 aromatic carbocycles. The molecule has 0 fully saturated rings. The molecule has 7 heteroatoms. The Balaban J connectivity index is -0.0000000600. The molecule has 0 aromatic rings. The van der Waals surface area contributed by atoms with Crippen LogP contribution in [0.25, 0.3) is 0 Å². The van der Waals surface area contributed by atoms with Gasteiger partial charge in [-0.05, 0) is 0 Å². The molecule has 0 aliphatic heterocycles. The molecule has 0 aliphatic carbocycles. The van der Waals surface area contributed by atoms with Crippen LogP contribution in [0.15, 0.2) is 0 Å². The summed E-state index contributed by atoms with van der Waals surface area (Å²) in [4.78, 5) is 24.8. The van der Waals surface area contributed by atoms with Gasteiger partial charge in [-0.25, -0.2) is 0 Å². The molecule has 0 rings (SSSR count). The SMILES string of the molecule is CCC[Si](O)(O)O.[K].[K].[K]. The molecule has 0 spiro atoms. The van der Waals surface area contributed by atoms with Crippen molar-refractivity contribution in [1.82, 2.24) is 0 Å². The largest absolute Gasteiger partial charge is 0.492 e. The van der Waals surface area contributed by atoms with Crippen LogP contribution in [0.5, 0.6) is 0 Å². The number of rotatable bonds is 2. The zero-order chi connectivity index (χ0) is 5.91. The molecule has 47 valence electrons. The van der Waals surface area contributed by atoms with Gasteiger partial charge in [0.05, 0.1) is 0 Å². The molecular formula is C3H10K3O3Si. The zero-order valence-electron chi connectivity index (χ0n) is 7.26. The van der Waals surface area contributed by atoms with Gasteiger partial charge in [-0.1, -0.05) is 13.3 Å². The van der Waals surface area contributed by atoms with Crippen LogP contribution >= 0.6 is 0 Å². The maximum Gasteiger partial charge on any atom is 0.492 e. The van der Waals surface area contributed by atoms with Gasteiger partial charge in [-0.3, -0.25) is 0 Å². The summed E-state index contributed by atoms with van der Waals surface area (Å²) in [5, 5.41) is 0. The van der Waals surface area contributed by atoms with Gasteiger partial charge < -0.3 is 14.4 Å². The monoisotopic (exact) mass is 239 g/mol. The summed E-state index contributed by atoms with van der Waals surface area (Å²) in [5.41, 5.74) is 0. The van der Waals surface area contributed by atoms with E-state index in [2.05, 4.69) is 0 Å². The van der Waals surface area contributed by atoms with Crippen molar-refractivity contribution in [3.63, 3.8) is 0 Å². The van der Waals surface area contributed by atoms with Crippen LogP contribution in [0.3, 0.4) is 0 Å². The van der Waals surface area contributed by atoms with Gasteiger partial charge in [-0.2, -0.15) is 0 Å². The van der Waals surface area contributed by atoms with Crippen LogP contribution < -0.4 is 0 Å². The molecule has 0 aliphatic rings. The maximum absolute atomic E-state index is 8.27. The molecule has 0 heterocycles. The molecule has 0 saturated heterocycles. The Kier molecular flexibility index (Phi) is 34.0. The molecule has 0 bridgehead atoms. The van der Waals surface area contributed by atoms with Crippen molar-refractivity contribution in [3.05, 3.63) is 0 Å². The van der Waals surface area contributed by atoms with E-state index in [1.807, 2.05) is 0 Å². The van der Waals surface area contributed by atoms with Crippen LogP contribution in [-0.4, -0.2) is 177 Å². The summed E-state index contributed by atoms with van der Waals surface area (Å²) < 4.78 is 0. The Bertz CT molecular complexity index is 57.4. The molecule has 0 saturated carbocycles. The molecular weight excluding hydrogens is 229 g/mol. The topological polar surface area (TPSA) is 60.7 Å². The second kappa shape index (κ2) is 14.0. The predicted molar refractivity (Wildman–Crippen MR) is 44.8 cm³/mol. The Labute approximate surface area is 190 Å². The van der Waals surface area contributed by atoms with Crippen molar-refractivity contribution in [2.24, 2.45) is 0 Å². The van der Waals surface area contributed by atoms with Crippen LogP contribution in [0, 0.1) is 0 Å². The van der Waals surface area contributed by atoms with E-state index in [-0.39, 0.29) is 160 Å². The van der Waals surface area contributed by atoms with Crippen LogP contribution in [0.1, 0.15) is 13.3 Å². The summed E-state index contributed by atoms with van der Waals surface area (Å²) in [6.07, 6.45) is 0.621. The Morgan fingerprint density at radius 3 is 1.30 bits per heavy atom. The van der Waals surface area contributed by atoms with Crippen molar-refractivity contribution >= 4 is 163 Å². The Morgan fingerprint density at radius 2 is 1.30 bits per heavy atom. The van der Waals surface area contributed by atoms with Gasteiger partial charge in [0.15, 0.2) is 0 Å². The van der Waals surface area contributed by atoms with E-state index in [1.54, 1.807) is 6.92 Å². The van der Waals surface area contributed by atoms with E-state index in [4.69, 9.17) is 14.4 Å². The van der Waals surface area contributed by atoms with E-state index < -0.39 is 8.80 Å². The smallest absolute Gasteiger partial charge is 0.390 e. The second-order valence-electron chi connectivity index (χ2n) is 1.52.